The number of hydrogen-bond donors (Lipinski definition) is 0. The van der Waals surface area contributed by atoms with Gasteiger partial charge in [-0.1, -0.05) is 340 Å². The van der Waals surface area contributed by atoms with Crippen LogP contribution in [0, 0.1) is 23.7 Å². The zero-order chi connectivity index (χ0) is 57.7. The maximum Gasteiger partial charge on any atom is 0.0665 e. The summed E-state index contributed by atoms with van der Waals surface area (Å²) in [5, 5.41) is 0. The van der Waals surface area contributed by atoms with Crippen LogP contribution in [0.1, 0.15) is 392 Å². The van der Waals surface area contributed by atoms with E-state index in [9.17, 15) is 0 Å². The number of hydrogen-bond acceptors (Lipinski definition) is 2. The van der Waals surface area contributed by atoms with Crippen LogP contribution in [-0.4, -0.2) is 11.4 Å². The Balaban J connectivity index is 0.0000336. The topological polar surface area (TPSA) is 24.7 Å². The summed E-state index contributed by atoms with van der Waals surface area (Å²) in [5.41, 5.74) is 7.30. The Hall–Kier alpha value is -2.61. The van der Waals surface area contributed by atoms with Gasteiger partial charge in [0.1, 0.15) is 0 Å². The minimum absolute atomic E-state index is 0. The van der Waals surface area contributed by atoms with Crippen LogP contribution in [0.2, 0.25) is 0 Å². The first-order valence-electron chi connectivity index (χ1n) is 36.5. The van der Waals surface area contributed by atoms with E-state index in [2.05, 4.69) is 99.9 Å². The van der Waals surface area contributed by atoms with E-state index in [1.807, 2.05) is 0 Å². The Labute approximate surface area is 523 Å². The monoisotopic (exact) mass is 1170 g/mol. The minimum Gasteiger partial charge on any atom is -0.251 e. The standard InChI is InChI=1S/C79H134N2.Ni/c1-5-9-13-15-17-19-21-23-25-27-29-31-33-35-37-39-41-43-45-47-49-51-53-55-57-60-66-74-68-62-64-71-76(74)80-78(70-12-8-4)79(73-59-11-7-3)81-77-72-65-63-69-75(77)67-61-58-56-54-52-50-48-46-44-42-40-38-36-34-32-30-28-26-24-22-20-18-16-14-10-6-2;/h62-65,68-69,71-72H,5-52,57-61,66-67,70,73H2,1-4H3;/b80-78+,81-79-;. The van der Waals surface area contributed by atoms with Crippen molar-refractivity contribution in [3.05, 3.63) is 59.7 Å². The molecular formula is C79H134N2Ni. The van der Waals surface area contributed by atoms with Gasteiger partial charge in [0.2, 0.25) is 0 Å². The zero-order valence-electron chi connectivity index (χ0n) is 55.1. The number of aliphatic imine (C=N–C) groups is 2. The van der Waals surface area contributed by atoms with Crippen molar-refractivity contribution in [3.63, 3.8) is 0 Å². The van der Waals surface area contributed by atoms with Gasteiger partial charge in [0.25, 0.3) is 0 Å². The molecule has 0 aliphatic carbocycles. The molecule has 0 saturated carbocycles. The van der Waals surface area contributed by atoms with Crippen LogP contribution >= 0.6 is 0 Å². The van der Waals surface area contributed by atoms with Gasteiger partial charge in [-0.2, -0.15) is 0 Å². The maximum absolute atomic E-state index is 5.52. The average molecular weight is 1170 g/mol. The van der Waals surface area contributed by atoms with Gasteiger partial charge in [-0.15, -0.1) is 23.7 Å². The predicted octanol–water partition coefficient (Wildman–Crippen LogP) is 27.2. The van der Waals surface area contributed by atoms with E-state index in [-0.39, 0.29) is 16.5 Å². The Bertz CT molecular complexity index is 1850. The fourth-order valence-corrected chi connectivity index (χ4v) is 11.7. The molecule has 0 spiro atoms. The molecule has 0 unspecified atom stereocenters. The number of aryl methyl sites for hydroxylation is 2. The molecule has 2 aromatic carbocycles. The quantitative estimate of drug-likeness (QED) is 0.0273. The number of nitrogens with zero attached hydrogens (tertiary/aromatic N) is 2. The van der Waals surface area contributed by atoms with E-state index >= 15 is 0 Å². The van der Waals surface area contributed by atoms with E-state index in [1.165, 1.54) is 305 Å². The number of rotatable bonds is 58. The van der Waals surface area contributed by atoms with Crippen molar-refractivity contribution >= 4 is 22.8 Å². The summed E-state index contributed by atoms with van der Waals surface area (Å²) in [4.78, 5) is 11.0. The van der Waals surface area contributed by atoms with Crippen LogP contribution < -0.4 is 0 Å². The van der Waals surface area contributed by atoms with Crippen molar-refractivity contribution in [3.8, 4) is 23.7 Å². The molecule has 2 aromatic rings. The molecule has 2 nitrogen and oxygen atoms in total. The fourth-order valence-electron chi connectivity index (χ4n) is 11.7. The van der Waals surface area contributed by atoms with Gasteiger partial charge in [0, 0.05) is 42.2 Å². The molecule has 0 bridgehead atoms. The van der Waals surface area contributed by atoms with Crippen molar-refractivity contribution in [2.24, 2.45) is 9.98 Å². The van der Waals surface area contributed by atoms with Crippen LogP contribution in [0.3, 0.4) is 0 Å². The molecule has 0 N–H and O–H groups in total. The normalized spacial score (nSPS) is 11.6. The van der Waals surface area contributed by atoms with E-state index in [4.69, 9.17) is 9.98 Å². The van der Waals surface area contributed by atoms with Gasteiger partial charge in [-0.05, 0) is 87.5 Å². The third kappa shape index (κ3) is 48.6. The van der Waals surface area contributed by atoms with E-state index in [0.29, 0.717) is 0 Å². The molecule has 3 heteroatoms. The molecule has 470 valence electrons. The molecule has 0 saturated heterocycles. The van der Waals surface area contributed by atoms with Gasteiger partial charge in [-0.25, -0.2) is 0 Å². The van der Waals surface area contributed by atoms with E-state index < -0.39 is 0 Å². The zero-order valence-corrected chi connectivity index (χ0v) is 56.1. The second-order valence-corrected chi connectivity index (χ2v) is 25.0. The molecule has 82 heavy (non-hydrogen) atoms. The van der Waals surface area contributed by atoms with Crippen LogP contribution in [0.15, 0.2) is 58.5 Å². The molecule has 2 rings (SSSR count). The molecule has 0 aliphatic rings. The summed E-state index contributed by atoms with van der Waals surface area (Å²) >= 11 is 0. The third-order valence-corrected chi connectivity index (χ3v) is 17.2. The Morgan fingerprint density at radius 3 is 0.756 bits per heavy atom. The Morgan fingerprint density at radius 1 is 0.256 bits per heavy atom. The summed E-state index contributed by atoms with van der Waals surface area (Å²) in [5.74, 6) is 14.1. The van der Waals surface area contributed by atoms with Crippen molar-refractivity contribution in [1.82, 2.24) is 0 Å². The molecule has 0 heterocycles. The molecule has 0 radical (unpaired) electrons. The average Bonchev–Trinajstić information content (AvgIpc) is 3.49. The Morgan fingerprint density at radius 2 is 0.476 bits per heavy atom. The van der Waals surface area contributed by atoms with Crippen molar-refractivity contribution in [2.75, 3.05) is 0 Å². The summed E-state index contributed by atoms with van der Waals surface area (Å²) < 4.78 is 0. The molecule has 0 aliphatic heterocycles. The second kappa shape index (κ2) is 62.9. The SMILES string of the molecule is CCCCCCCCCCCCCCCCCCCCCCCC#CCCCc1ccccc1/N=C(CCCCC)\C(CCCC)=N\c1ccccc1CCCC#CCCCCCCCCCCCCCCCCCCCCCCC.[Ni]. The van der Waals surface area contributed by atoms with Gasteiger partial charge in [-0.3, -0.25) is 9.98 Å². The second-order valence-electron chi connectivity index (χ2n) is 25.0. The first-order chi connectivity index (χ1) is 40.2. The molecule has 0 amide bonds. The number of para-hydroxylation sites is 2. The molecule has 0 aromatic heterocycles. The van der Waals surface area contributed by atoms with Gasteiger partial charge in [0.05, 0.1) is 22.8 Å². The smallest absolute Gasteiger partial charge is 0.0665 e. The van der Waals surface area contributed by atoms with Crippen molar-refractivity contribution < 1.29 is 16.5 Å². The third-order valence-electron chi connectivity index (χ3n) is 17.2. The van der Waals surface area contributed by atoms with Crippen LogP contribution in [0.5, 0.6) is 0 Å². The van der Waals surface area contributed by atoms with Crippen LogP contribution in [0.25, 0.3) is 0 Å². The van der Waals surface area contributed by atoms with Gasteiger partial charge < -0.3 is 0 Å². The largest absolute Gasteiger partial charge is 0.251 e. The molecule has 0 atom stereocenters. The molecular weight excluding hydrogens is 1040 g/mol. The Kier molecular flexibility index (Phi) is 59.4. The predicted molar refractivity (Wildman–Crippen MR) is 367 cm³/mol. The summed E-state index contributed by atoms with van der Waals surface area (Å²) in [6.45, 7) is 9.21. The van der Waals surface area contributed by atoms with Crippen LogP contribution in [-0.2, 0) is 29.3 Å². The summed E-state index contributed by atoms with van der Waals surface area (Å²) in [7, 11) is 0. The van der Waals surface area contributed by atoms with Crippen molar-refractivity contribution in [1.29, 1.82) is 0 Å². The minimum atomic E-state index is 0. The first-order valence-corrected chi connectivity index (χ1v) is 36.5. The van der Waals surface area contributed by atoms with Crippen LogP contribution in [0.4, 0.5) is 11.4 Å². The van der Waals surface area contributed by atoms with E-state index in [1.54, 1.807) is 0 Å². The van der Waals surface area contributed by atoms with E-state index in [0.717, 1.165) is 94.8 Å². The van der Waals surface area contributed by atoms with Crippen molar-refractivity contribution in [2.45, 2.75) is 394 Å². The number of benzene rings is 2. The fraction of sp³-hybridized carbons (Fsp3) is 0.772. The van der Waals surface area contributed by atoms with Gasteiger partial charge >= 0.3 is 0 Å². The number of unbranched alkanes of at least 4 members (excludes halogenated alkanes) is 47. The summed E-state index contributed by atoms with van der Waals surface area (Å²) in [6.07, 6.45) is 76.1. The van der Waals surface area contributed by atoms with Gasteiger partial charge in [0.15, 0.2) is 0 Å². The molecule has 0 fully saturated rings. The first kappa shape index (κ1) is 77.4. The summed E-state index contributed by atoms with van der Waals surface area (Å²) in [6, 6.07) is 17.7. The maximum atomic E-state index is 5.52.